The minimum Gasteiger partial charge on any atom is -0.481 e. The van der Waals surface area contributed by atoms with Crippen LogP contribution in [0.2, 0.25) is 0 Å². The number of aliphatic carboxylic acids is 1. The molecule has 172 valence electrons. The molecular formula is C25H28N4O4. The summed E-state index contributed by atoms with van der Waals surface area (Å²) in [6.07, 6.45) is 6.61. The first-order valence-electron chi connectivity index (χ1n) is 11.2. The lowest BCUT2D eigenvalue weighted by molar-refractivity contribution is -0.144. The number of H-pyrrole nitrogens is 2. The predicted octanol–water partition coefficient (Wildman–Crippen LogP) is 4.11. The van der Waals surface area contributed by atoms with Crippen molar-refractivity contribution in [2.45, 2.75) is 52.0 Å². The summed E-state index contributed by atoms with van der Waals surface area (Å²) in [6.45, 7) is 5.87. The van der Waals surface area contributed by atoms with Crippen LogP contribution in [0.25, 0.3) is 21.8 Å². The van der Waals surface area contributed by atoms with E-state index in [1.54, 1.807) is 6.07 Å². The number of hydrogen-bond donors (Lipinski definition) is 3. The van der Waals surface area contributed by atoms with Gasteiger partial charge in [-0.25, -0.2) is 4.79 Å². The molecule has 0 aliphatic heterocycles. The van der Waals surface area contributed by atoms with E-state index in [9.17, 15) is 19.5 Å². The normalized spacial score (nSPS) is 14.4. The van der Waals surface area contributed by atoms with Crippen LogP contribution in [0.15, 0.2) is 52.4 Å². The van der Waals surface area contributed by atoms with Gasteiger partial charge in [0.05, 0.1) is 22.9 Å². The Hall–Kier alpha value is -3.68. The number of aromatic nitrogens is 4. The standard InChI is InChI=1S/C25H28N4O4/c1-4-5-8-16(24(31)32)22(15(3)17-13-27-20-9-6-7-14(2)21(17)20)29-23(30)18-12-26-11-10-19(18)28-25(29)33/h6-7,9-13,15-16,22,27H,4-5,8H2,1-3H3,(H,28,33)(H,31,32). The van der Waals surface area contributed by atoms with E-state index in [1.165, 1.54) is 12.4 Å². The van der Waals surface area contributed by atoms with E-state index >= 15 is 0 Å². The Morgan fingerprint density at radius 1 is 1.21 bits per heavy atom. The minimum absolute atomic E-state index is 0.254. The molecule has 1 aromatic carbocycles. The van der Waals surface area contributed by atoms with Crippen LogP contribution < -0.4 is 11.2 Å². The molecule has 3 aromatic heterocycles. The van der Waals surface area contributed by atoms with Crippen LogP contribution in [0, 0.1) is 12.8 Å². The van der Waals surface area contributed by atoms with Gasteiger partial charge in [0.2, 0.25) is 0 Å². The number of pyridine rings is 1. The number of hydrogen-bond acceptors (Lipinski definition) is 4. The van der Waals surface area contributed by atoms with E-state index in [4.69, 9.17) is 0 Å². The Balaban J connectivity index is 1.98. The maximum Gasteiger partial charge on any atom is 0.329 e. The summed E-state index contributed by atoms with van der Waals surface area (Å²) in [5, 5.41) is 11.4. The van der Waals surface area contributed by atoms with Crippen molar-refractivity contribution in [1.29, 1.82) is 0 Å². The van der Waals surface area contributed by atoms with Crippen molar-refractivity contribution in [2.24, 2.45) is 5.92 Å². The highest BCUT2D eigenvalue weighted by atomic mass is 16.4. The molecule has 4 aromatic rings. The lowest BCUT2D eigenvalue weighted by Crippen LogP contribution is -2.44. The highest BCUT2D eigenvalue weighted by Crippen LogP contribution is 2.39. The number of benzene rings is 1. The Kier molecular flexibility index (Phi) is 6.18. The van der Waals surface area contributed by atoms with Crippen LogP contribution in [0.3, 0.4) is 0 Å². The second-order valence-corrected chi connectivity index (χ2v) is 8.63. The fourth-order valence-electron chi connectivity index (χ4n) is 4.90. The maximum atomic E-state index is 13.5. The van der Waals surface area contributed by atoms with Crippen molar-refractivity contribution in [2.75, 3.05) is 0 Å². The summed E-state index contributed by atoms with van der Waals surface area (Å²) < 4.78 is 1.10. The van der Waals surface area contributed by atoms with Crippen molar-refractivity contribution in [3.05, 3.63) is 74.8 Å². The topological polar surface area (TPSA) is 121 Å². The average Bonchev–Trinajstić information content (AvgIpc) is 3.23. The molecule has 0 aliphatic carbocycles. The molecule has 0 amide bonds. The van der Waals surface area contributed by atoms with Gasteiger partial charge < -0.3 is 15.1 Å². The van der Waals surface area contributed by atoms with Crippen molar-refractivity contribution >= 4 is 27.8 Å². The molecule has 3 atom stereocenters. The summed E-state index contributed by atoms with van der Waals surface area (Å²) in [5.41, 5.74) is 2.09. The monoisotopic (exact) mass is 448 g/mol. The van der Waals surface area contributed by atoms with Crippen LogP contribution in [-0.2, 0) is 4.79 Å². The smallest absolute Gasteiger partial charge is 0.329 e. The Morgan fingerprint density at radius 3 is 2.73 bits per heavy atom. The van der Waals surface area contributed by atoms with Gasteiger partial charge in [0.1, 0.15) is 0 Å². The minimum atomic E-state index is -1.02. The first-order valence-corrected chi connectivity index (χ1v) is 11.2. The maximum absolute atomic E-state index is 13.5. The molecule has 0 spiro atoms. The molecule has 0 fully saturated rings. The Bertz CT molecular complexity index is 1430. The second kappa shape index (κ2) is 9.05. The highest BCUT2D eigenvalue weighted by Gasteiger charge is 2.37. The Morgan fingerprint density at radius 2 is 2.00 bits per heavy atom. The largest absolute Gasteiger partial charge is 0.481 e. The Labute approximate surface area is 190 Å². The second-order valence-electron chi connectivity index (χ2n) is 8.63. The number of nitrogens with one attached hydrogen (secondary N) is 2. The number of carbonyl (C=O) groups is 1. The van der Waals surface area contributed by atoms with E-state index in [0.29, 0.717) is 18.4 Å². The summed E-state index contributed by atoms with van der Waals surface area (Å²) in [6, 6.07) is 6.59. The molecule has 8 nitrogen and oxygen atoms in total. The number of rotatable bonds is 8. The highest BCUT2D eigenvalue weighted by molar-refractivity contribution is 5.87. The van der Waals surface area contributed by atoms with Gasteiger partial charge in [-0.15, -0.1) is 0 Å². The van der Waals surface area contributed by atoms with Crippen molar-refractivity contribution in [1.82, 2.24) is 19.5 Å². The molecule has 0 saturated heterocycles. The van der Waals surface area contributed by atoms with Gasteiger partial charge in [-0.05, 0) is 36.6 Å². The van der Waals surface area contributed by atoms with E-state index in [-0.39, 0.29) is 5.39 Å². The first kappa shape index (κ1) is 22.5. The molecule has 0 bridgehead atoms. The molecule has 0 radical (unpaired) electrons. The van der Waals surface area contributed by atoms with Crippen molar-refractivity contribution < 1.29 is 9.90 Å². The molecule has 3 N–H and O–H groups in total. The van der Waals surface area contributed by atoms with Crippen LogP contribution in [0.1, 0.15) is 56.2 Å². The SMILES string of the molecule is CCCCC(C(=O)O)C(C(C)c1c[nH]c2cccc(C)c12)n1c(=O)[nH]c2ccncc2c1=O. The van der Waals surface area contributed by atoms with E-state index in [2.05, 4.69) is 15.0 Å². The van der Waals surface area contributed by atoms with Gasteiger partial charge in [0.15, 0.2) is 0 Å². The molecule has 3 heterocycles. The van der Waals surface area contributed by atoms with Gasteiger partial charge in [0, 0.05) is 35.4 Å². The third-order valence-corrected chi connectivity index (χ3v) is 6.57. The van der Waals surface area contributed by atoms with Gasteiger partial charge in [-0.2, -0.15) is 0 Å². The summed E-state index contributed by atoms with van der Waals surface area (Å²) in [7, 11) is 0. The zero-order chi connectivity index (χ0) is 23.7. The van der Waals surface area contributed by atoms with Gasteiger partial charge >= 0.3 is 11.7 Å². The number of aryl methyl sites for hydroxylation is 1. The summed E-state index contributed by atoms with van der Waals surface area (Å²) in [4.78, 5) is 49.2. The molecule has 33 heavy (non-hydrogen) atoms. The van der Waals surface area contributed by atoms with Crippen molar-refractivity contribution in [3.8, 4) is 0 Å². The van der Waals surface area contributed by atoms with E-state index in [0.717, 1.165) is 33.0 Å². The molecule has 8 heteroatoms. The number of nitrogens with zero attached hydrogens (tertiary/aromatic N) is 2. The van der Waals surface area contributed by atoms with Gasteiger partial charge in [0.25, 0.3) is 5.56 Å². The number of carboxylic acid groups (broad SMARTS) is 1. The van der Waals surface area contributed by atoms with Crippen LogP contribution in [0.4, 0.5) is 0 Å². The molecule has 4 rings (SSSR count). The summed E-state index contributed by atoms with van der Waals surface area (Å²) >= 11 is 0. The lowest BCUT2D eigenvalue weighted by Gasteiger charge is -2.31. The molecule has 3 unspecified atom stereocenters. The number of aromatic amines is 2. The first-order chi connectivity index (χ1) is 15.8. The number of unbranched alkanes of at least 4 members (excludes halogenated alkanes) is 1. The predicted molar refractivity (Wildman–Crippen MR) is 128 cm³/mol. The third-order valence-electron chi connectivity index (χ3n) is 6.57. The zero-order valence-electron chi connectivity index (χ0n) is 19.0. The van der Waals surface area contributed by atoms with Crippen LogP contribution >= 0.6 is 0 Å². The molecule has 0 aliphatic rings. The summed E-state index contributed by atoms with van der Waals surface area (Å²) in [5.74, 6) is -2.36. The van der Waals surface area contributed by atoms with Crippen LogP contribution in [0.5, 0.6) is 0 Å². The quantitative estimate of drug-likeness (QED) is 0.375. The number of carboxylic acids is 1. The average molecular weight is 449 g/mol. The molecular weight excluding hydrogens is 420 g/mol. The zero-order valence-corrected chi connectivity index (χ0v) is 19.0. The van der Waals surface area contributed by atoms with Crippen LogP contribution in [-0.4, -0.2) is 30.6 Å². The van der Waals surface area contributed by atoms with Gasteiger partial charge in [-0.3, -0.25) is 19.1 Å². The van der Waals surface area contributed by atoms with E-state index < -0.39 is 35.1 Å². The fraction of sp³-hybridized carbons (Fsp3) is 0.360. The number of fused-ring (bicyclic) bond motifs is 2. The van der Waals surface area contributed by atoms with Crippen molar-refractivity contribution in [3.63, 3.8) is 0 Å². The lowest BCUT2D eigenvalue weighted by atomic mass is 9.81. The molecule has 0 saturated carbocycles. The third kappa shape index (κ3) is 3.97. The van der Waals surface area contributed by atoms with E-state index in [1.807, 2.05) is 45.2 Å². The van der Waals surface area contributed by atoms with Gasteiger partial charge in [-0.1, -0.05) is 38.8 Å². The fourth-order valence-corrected chi connectivity index (χ4v) is 4.90.